The van der Waals surface area contributed by atoms with Crippen molar-refractivity contribution in [2.45, 2.75) is 36.7 Å². The topological polar surface area (TPSA) is 145 Å². The highest BCUT2D eigenvalue weighted by Crippen LogP contribution is 2.47. The Labute approximate surface area is 206 Å². The van der Waals surface area contributed by atoms with Crippen LogP contribution in [0.15, 0.2) is 48.4 Å². The van der Waals surface area contributed by atoms with Crippen LogP contribution >= 0.6 is 0 Å². The molecule has 4 unspecified atom stereocenters. The van der Waals surface area contributed by atoms with Crippen LogP contribution in [0, 0.1) is 11.8 Å². The zero-order valence-electron chi connectivity index (χ0n) is 18.6. The fourth-order valence-corrected chi connectivity index (χ4v) is 4.87. The summed E-state index contributed by atoms with van der Waals surface area (Å²) in [6.07, 6.45) is 4.84. The Morgan fingerprint density at radius 2 is 2.11 bits per heavy atom. The quantitative estimate of drug-likeness (QED) is 0.435. The Hall–Kier alpha value is -3.57. The van der Waals surface area contributed by atoms with Gasteiger partial charge in [0.15, 0.2) is 11.5 Å². The molecule has 0 spiro atoms. The van der Waals surface area contributed by atoms with Crippen molar-refractivity contribution in [3.8, 4) is 11.8 Å². The monoisotopic (exact) mass is 514 g/mol. The fraction of sp³-hybridized carbons (Fsp3) is 0.304. The van der Waals surface area contributed by atoms with Gasteiger partial charge in [0.05, 0.1) is 12.4 Å². The first kappa shape index (κ1) is 24.1. The van der Waals surface area contributed by atoms with E-state index >= 15 is 0 Å². The third kappa shape index (κ3) is 3.97. The van der Waals surface area contributed by atoms with Crippen molar-refractivity contribution >= 4 is 33.8 Å². The summed E-state index contributed by atoms with van der Waals surface area (Å²) in [7, 11) is -1.68. The van der Waals surface area contributed by atoms with Crippen LogP contribution in [0.25, 0.3) is 11.2 Å². The molecule has 0 radical (unpaired) electrons. The summed E-state index contributed by atoms with van der Waals surface area (Å²) in [6.45, 7) is 0.258. The predicted octanol–water partition coefficient (Wildman–Crippen LogP) is 1.58. The number of ketones is 1. The number of carbonyl (C=O) groups excluding carboxylic acids is 1. The fourth-order valence-electron chi connectivity index (χ4n) is 4.23. The minimum atomic E-state index is -4.09. The minimum Gasteiger partial charge on any atom is -0.382 e. The van der Waals surface area contributed by atoms with Crippen LogP contribution in [0.5, 0.6) is 0 Å². The number of halogens is 2. The molecule has 10 nitrogen and oxygen atoms in total. The number of nitrogens with zero attached hydrogens (tertiary/aromatic N) is 4. The number of nitrogens with one attached hydrogen (secondary N) is 1. The van der Waals surface area contributed by atoms with Crippen molar-refractivity contribution in [2.75, 3.05) is 12.3 Å². The van der Waals surface area contributed by atoms with Gasteiger partial charge in [-0.25, -0.2) is 23.9 Å². The average molecular weight is 515 g/mol. The summed E-state index contributed by atoms with van der Waals surface area (Å²) >= 11 is 0. The van der Waals surface area contributed by atoms with Gasteiger partial charge in [0.2, 0.25) is 11.4 Å². The highest BCUT2D eigenvalue weighted by molar-refractivity contribution is 7.86. The minimum absolute atomic E-state index is 0.240. The van der Waals surface area contributed by atoms with Gasteiger partial charge in [-0.2, -0.15) is 8.78 Å². The van der Waals surface area contributed by atoms with Crippen molar-refractivity contribution < 1.29 is 27.6 Å². The van der Waals surface area contributed by atoms with Gasteiger partial charge in [0, 0.05) is 23.1 Å². The molecule has 186 valence electrons. The first-order chi connectivity index (χ1) is 17.2. The number of benzene rings is 1. The molecule has 4 atom stereocenters. The molecule has 0 bridgehead atoms. The number of allylic oxidation sites excluding steroid dienone is 1. The number of nitrogen functional groups attached to an aromatic ring is 1. The molecule has 3 heterocycles. The maximum Gasteiger partial charge on any atom is 0.353 e. The standard InChI is InChI=1S/C23H20F2N6O4S/c24-23(25)19(32)15-5-1-2-6-16(15)22(23,33)9-3-4-10-36(34)30-11-14-7-8-17(35-14)31-13-29-18-20(26)27-12-28-21(18)31/h1-2,4-6,10,12-14,17,30,33H,7-8,11H2,(H2,26,27,28)/b10-4+. The van der Waals surface area contributed by atoms with Crippen LogP contribution in [0.4, 0.5) is 14.6 Å². The van der Waals surface area contributed by atoms with E-state index in [1.54, 1.807) is 10.9 Å². The number of fused-ring (bicyclic) bond motifs is 2. The third-order valence-electron chi connectivity index (χ3n) is 6.06. The maximum atomic E-state index is 14.5. The second-order valence-corrected chi connectivity index (χ2v) is 9.41. The maximum absolute atomic E-state index is 14.5. The largest absolute Gasteiger partial charge is 0.382 e. The number of alkyl halides is 2. The third-order valence-corrected chi connectivity index (χ3v) is 6.90. The van der Waals surface area contributed by atoms with E-state index in [0.29, 0.717) is 24.0 Å². The van der Waals surface area contributed by atoms with Crippen molar-refractivity contribution in [1.29, 1.82) is 0 Å². The molecule has 0 amide bonds. The number of hydrogen-bond donors (Lipinski definition) is 3. The molecule has 1 saturated heterocycles. The van der Waals surface area contributed by atoms with Gasteiger partial charge < -0.3 is 15.6 Å². The van der Waals surface area contributed by atoms with Crippen molar-refractivity contribution in [1.82, 2.24) is 24.2 Å². The van der Waals surface area contributed by atoms with Gasteiger partial charge >= 0.3 is 5.92 Å². The Kier molecular flexibility index (Phi) is 6.13. The number of ether oxygens (including phenoxy) is 1. The van der Waals surface area contributed by atoms with Gasteiger partial charge in [0.1, 0.15) is 29.1 Å². The van der Waals surface area contributed by atoms with E-state index in [4.69, 9.17) is 10.5 Å². The van der Waals surface area contributed by atoms with Crippen LogP contribution in [-0.4, -0.2) is 53.2 Å². The zero-order valence-corrected chi connectivity index (χ0v) is 19.4. The summed E-state index contributed by atoms with van der Waals surface area (Å²) in [5.74, 6) is -0.962. The lowest BCUT2D eigenvalue weighted by Gasteiger charge is -2.23. The predicted molar refractivity (Wildman–Crippen MR) is 126 cm³/mol. The van der Waals surface area contributed by atoms with Gasteiger partial charge in [-0.1, -0.05) is 36.1 Å². The van der Waals surface area contributed by atoms with Crippen molar-refractivity contribution in [3.63, 3.8) is 0 Å². The number of anilines is 1. The molecule has 3 aromatic rings. The number of carbonyl (C=O) groups is 1. The first-order valence-corrected chi connectivity index (χ1v) is 12.1. The summed E-state index contributed by atoms with van der Waals surface area (Å²) in [4.78, 5) is 24.3. The average Bonchev–Trinajstić information content (AvgIpc) is 3.55. The summed E-state index contributed by atoms with van der Waals surface area (Å²) in [6, 6.07) is 5.31. The molecule has 1 aliphatic heterocycles. The molecular weight excluding hydrogens is 494 g/mol. The molecule has 5 rings (SSSR count). The zero-order chi connectivity index (χ0) is 25.5. The molecule has 0 saturated carbocycles. The van der Waals surface area contributed by atoms with E-state index in [1.807, 2.05) is 0 Å². The summed E-state index contributed by atoms with van der Waals surface area (Å²) in [5, 5.41) is 11.7. The lowest BCUT2D eigenvalue weighted by atomic mass is 9.94. The number of Topliss-reactive ketones (excluding diaryl/α,β-unsaturated/α-hetero) is 1. The van der Waals surface area contributed by atoms with Crippen LogP contribution < -0.4 is 10.5 Å². The Bertz CT molecular complexity index is 1470. The molecule has 1 aromatic carbocycles. The molecule has 1 fully saturated rings. The highest BCUT2D eigenvalue weighted by Gasteiger charge is 2.65. The van der Waals surface area contributed by atoms with Crippen molar-refractivity contribution in [2.24, 2.45) is 0 Å². The lowest BCUT2D eigenvalue weighted by molar-refractivity contribution is -0.113. The van der Waals surface area contributed by atoms with Crippen LogP contribution in [0.3, 0.4) is 0 Å². The molecule has 13 heteroatoms. The van der Waals surface area contributed by atoms with E-state index in [0.717, 1.165) is 11.5 Å². The normalized spacial score (nSPS) is 25.7. The van der Waals surface area contributed by atoms with E-state index in [2.05, 4.69) is 31.5 Å². The molecular formula is C23H20F2N6O4S. The number of nitrogens with two attached hydrogens (primary N) is 1. The van der Waals surface area contributed by atoms with E-state index in [-0.39, 0.29) is 35.8 Å². The SMILES string of the molecule is Nc1ncnc2c1ncn2C1CCC(CNS(=O)/C=C/C#CC2(O)c3ccccc3C(=O)C2(F)F)O1. The number of imidazole rings is 1. The van der Waals surface area contributed by atoms with Gasteiger partial charge in [0.25, 0.3) is 0 Å². The molecule has 1 aliphatic carbocycles. The first-order valence-electron chi connectivity index (χ1n) is 10.9. The second-order valence-electron chi connectivity index (χ2n) is 8.25. The molecule has 36 heavy (non-hydrogen) atoms. The summed E-state index contributed by atoms with van der Waals surface area (Å²) in [5.41, 5.74) is 3.37. The molecule has 4 N–H and O–H groups in total. The van der Waals surface area contributed by atoms with E-state index in [1.165, 1.54) is 30.6 Å². The Balaban J connectivity index is 1.18. The Morgan fingerprint density at radius 1 is 1.31 bits per heavy atom. The van der Waals surface area contributed by atoms with Crippen LogP contribution in [0.1, 0.15) is 35.0 Å². The van der Waals surface area contributed by atoms with Gasteiger partial charge in [-0.05, 0) is 18.9 Å². The van der Waals surface area contributed by atoms with Gasteiger partial charge in [-0.15, -0.1) is 0 Å². The van der Waals surface area contributed by atoms with Crippen molar-refractivity contribution in [3.05, 3.63) is 59.5 Å². The molecule has 2 aromatic heterocycles. The van der Waals surface area contributed by atoms with Gasteiger partial charge in [-0.3, -0.25) is 9.36 Å². The molecule has 2 aliphatic rings. The number of rotatable bonds is 5. The van der Waals surface area contributed by atoms with Crippen LogP contribution in [0.2, 0.25) is 0 Å². The number of hydrogen-bond acceptors (Lipinski definition) is 8. The number of aliphatic hydroxyl groups is 1. The Morgan fingerprint density at radius 3 is 2.94 bits per heavy atom. The smallest absolute Gasteiger partial charge is 0.353 e. The number of aromatic nitrogens is 4. The van der Waals surface area contributed by atoms with E-state index in [9.17, 15) is 22.9 Å². The van der Waals surface area contributed by atoms with Crippen LogP contribution in [-0.2, 0) is 21.3 Å². The second kappa shape index (κ2) is 9.14. The highest BCUT2D eigenvalue weighted by atomic mass is 32.2. The lowest BCUT2D eigenvalue weighted by Crippen LogP contribution is -2.43. The summed E-state index contributed by atoms with van der Waals surface area (Å²) < 4.78 is 51.7. The van der Waals surface area contributed by atoms with E-state index < -0.39 is 28.3 Å².